The second-order valence-corrected chi connectivity index (χ2v) is 4.31. The highest BCUT2D eigenvalue weighted by atomic mass is 16.2. The molecule has 0 bridgehead atoms. The van der Waals surface area contributed by atoms with E-state index in [4.69, 9.17) is 0 Å². The number of likely N-dealkylation sites (N-methyl/N-ethyl adjacent to an activating group) is 2. The van der Waals surface area contributed by atoms with Crippen molar-refractivity contribution in [2.24, 2.45) is 0 Å². The van der Waals surface area contributed by atoms with Gasteiger partial charge < -0.3 is 15.5 Å². The number of nitrogens with one attached hydrogen (secondary N) is 2. The maximum absolute atomic E-state index is 12.0. The molecule has 0 fully saturated rings. The molecule has 96 valence electrons. The number of carbonyl (C=O) groups is 1. The van der Waals surface area contributed by atoms with Crippen LogP contribution in [-0.2, 0) is 4.79 Å². The Morgan fingerprint density at radius 3 is 2.25 bits per heavy atom. The minimum atomic E-state index is -0.410. The van der Waals surface area contributed by atoms with Crippen LogP contribution in [0.2, 0.25) is 0 Å². The Morgan fingerprint density at radius 2 is 1.88 bits per heavy atom. The van der Waals surface area contributed by atoms with Crippen LogP contribution in [0.3, 0.4) is 0 Å². The molecule has 1 unspecified atom stereocenters. The van der Waals surface area contributed by atoms with Gasteiger partial charge in [-0.25, -0.2) is 0 Å². The lowest BCUT2D eigenvalue weighted by Gasteiger charge is -2.33. The highest BCUT2D eigenvalue weighted by molar-refractivity contribution is 5.86. The number of carbonyl (C=O) groups excluding carboxylic acids is 1. The van der Waals surface area contributed by atoms with E-state index in [0.717, 1.165) is 32.4 Å². The first-order valence-corrected chi connectivity index (χ1v) is 6.16. The Morgan fingerprint density at radius 1 is 1.25 bits per heavy atom. The van der Waals surface area contributed by atoms with E-state index in [1.165, 1.54) is 0 Å². The Hall–Kier alpha value is -0.610. The Kier molecular flexibility index (Phi) is 7.34. The minimum absolute atomic E-state index is 0.0985. The number of hydrogen-bond acceptors (Lipinski definition) is 3. The molecule has 0 radical (unpaired) electrons. The summed E-state index contributed by atoms with van der Waals surface area (Å²) in [5.41, 5.74) is -0.410. The number of amides is 1. The van der Waals surface area contributed by atoms with E-state index in [9.17, 15) is 4.79 Å². The topological polar surface area (TPSA) is 44.4 Å². The predicted octanol–water partition coefficient (Wildman–Crippen LogP) is 0.833. The molecular formula is C12H27N3O. The number of nitrogens with zero attached hydrogens (tertiary/aromatic N) is 1. The summed E-state index contributed by atoms with van der Waals surface area (Å²) in [7, 11) is 5.65. The van der Waals surface area contributed by atoms with Gasteiger partial charge in [-0.05, 0) is 33.5 Å². The first kappa shape index (κ1) is 15.4. The van der Waals surface area contributed by atoms with Crippen molar-refractivity contribution >= 4 is 5.91 Å². The fourth-order valence-corrected chi connectivity index (χ4v) is 1.92. The molecule has 16 heavy (non-hydrogen) atoms. The normalized spacial score (nSPS) is 14.9. The van der Waals surface area contributed by atoms with E-state index in [0.29, 0.717) is 0 Å². The van der Waals surface area contributed by atoms with Crippen LogP contribution in [0.4, 0.5) is 0 Å². The zero-order valence-corrected chi connectivity index (χ0v) is 11.4. The standard InChI is InChI=1S/C12H27N3O/c1-6-8-12(14-4,11(16)13-3)9-10-15(5)7-2/h14H,6-10H2,1-5H3,(H,13,16). The van der Waals surface area contributed by atoms with E-state index in [2.05, 4.69) is 36.4 Å². The Bertz CT molecular complexity index is 208. The average Bonchev–Trinajstić information content (AvgIpc) is 2.33. The molecule has 1 amide bonds. The monoisotopic (exact) mass is 229 g/mol. The molecule has 0 saturated carbocycles. The zero-order valence-electron chi connectivity index (χ0n) is 11.4. The third kappa shape index (κ3) is 4.10. The zero-order chi connectivity index (χ0) is 12.6. The van der Waals surface area contributed by atoms with Crippen LogP contribution in [0.1, 0.15) is 33.1 Å². The average molecular weight is 229 g/mol. The molecule has 0 aliphatic heterocycles. The van der Waals surface area contributed by atoms with Crippen molar-refractivity contribution in [3.05, 3.63) is 0 Å². The maximum atomic E-state index is 12.0. The van der Waals surface area contributed by atoms with Crippen LogP contribution in [0.15, 0.2) is 0 Å². The molecule has 4 nitrogen and oxygen atoms in total. The smallest absolute Gasteiger partial charge is 0.240 e. The fraction of sp³-hybridized carbons (Fsp3) is 0.917. The van der Waals surface area contributed by atoms with Gasteiger partial charge in [-0.3, -0.25) is 4.79 Å². The van der Waals surface area contributed by atoms with E-state index < -0.39 is 5.54 Å². The summed E-state index contributed by atoms with van der Waals surface area (Å²) in [5.74, 6) is 0.0985. The van der Waals surface area contributed by atoms with E-state index in [1.807, 2.05) is 7.05 Å². The van der Waals surface area contributed by atoms with E-state index in [1.54, 1.807) is 7.05 Å². The van der Waals surface area contributed by atoms with Gasteiger partial charge in [0.15, 0.2) is 0 Å². The van der Waals surface area contributed by atoms with Gasteiger partial charge in [-0.1, -0.05) is 20.3 Å². The van der Waals surface area contributed by atoms with Crippen molar-refractivity contribution in [3.8, 4) is 0 Å². The van der Waals surface area contributed by atoms with Crippen molar-refractivity contribution in [1.29, 1.82) is 0 Å². The Balaban J connectivity index is 4.56. The summed E-state index contributed by atoms with van der Waals surface area (Å²) in [5, 5.41) is 5.97. The molecule has 0 saturated heterocycles. The molecule has 2 N–H and O–H groups in total. The highest BCUT2D eigenvalue weighted by Crippen LogP contribution is 2.18. The molecule has 4 heteroatoms. The quantitative estimate of drug-likeness (QED) is 0.648. The summed E-state index contributed by atoms with van der Waals surface area (Å²) >= 11 is 0. The Labute approximate surface area is 99.8 Å². The third-order valence-corrected chi connectivity index (χ3v) is 3.28. The van der Waals surface area contributed by atoms with Crippen molar-refractivity contribution < 1.29 is 4.79 Å². The van der Waals surface area contributed by atoms with Crippen LogP contribution in [0.25, 0.3) is 0 Å². The SMILES string of the molecule is CCCC(CCN(C)CC)(NC)C(=O)NC. The summed E-state index contributed by atoms with van der Waals surface area (Å²) in [4.78, 5) is 14.2. The molecule has 1 atom stereocenters. The predicted molar refractivity (Wildman–Crippen MR) is 68.6 cm³/mol. The minimum Gasteiger partial charge on any atom is -0.358 e. The van der Waals surface area contributed by atoms with Gasteiger partial charge in [0.05, 0.1) is 5.54 Å². The summed E-state index contributed by atoms with van der Waals surface area (Å²) in [6, 6.07) is 0. The first-order valence-electron chi connectivity index (χ1n) is 6.16. The highest BCUT2D eigenvalue weighted by Gasteiger charge is 2.34. The van der Waals surface area contributed by atoms with Crippen molar-refractivity contribution in [2.75, 3.05) is 34.2 Å². The van der Waals surface area contributed by atoms with Crippen molar-refractivity contribution in [3.63, 3.8) is 0 Å². The molecule has 0 aromatic rings. The number of rotatable bonds is 8. The van der Waals surface area contributed by atoms with Crippen LogP contribution < -0.4 is 10.6 Å². The lowest BCUT2D eigenvalue weighted by Crippen LogP contribution is -2.56. The molecule has 0 spiro atoms. The molecule has 0 aromatic heterocycles. The van der Waals surface area contributed by atoms with Crippen molar-refractivity contribution in [2.45, 2.75) is 38.6 Å². The maximum Gasteiger partial charge on any atom is 0.240 e. The largest absolute Gasteiger partial charge is 0.358 e. The first-order chi connectivity index (χ1) is 7.56. The lowest BCUT2D eigenvalue weighted by atomic mass is 9.88. The summed E-state index contributed by atoms with van der Waals surface area (Å²) < 4.78 is 0. The molecule has 0 aromatic carbocycles. The van der Waals surface area contributed by atoms with Gasteiger partial charge in [0.1, 0.15) is 0 Å². The van der Waals surface area contributed by atoms with Crippen LogP contribution in [0.5, 0.6) is 0 Å². The van der Waals surface area contributed by atoms with Crippen molar-refractivity contribution in [1.82, 2.24) is 15.5 Å². The summed E-state index contributed by atoms with van der Waals surface area (Å²) in [6.07, 6.45) is 2.73. The molecule has 0 rings (SSSR count). The van der Waals surface area contributed by atoms with Crippen LogP contribution >= 0.6 is 0 Å². The van der Waals surface area contributed by atoms with Gasteiger partial charge in [0, 0.05) is 13.6 Å². The second kappa shape index (κ2) is 7.63. The number of hydrogen-bond donors (Lipinski definition) is 2. The fourth-order valence-electron chi connectivity index (χ4n) is 1.92. The third-order valence-electron chi connectivity index (χ3n) is 3.28. The van der Waals surface area contributed by atoms with E-state index >= 15 is 0 Å². The lowest BCUT2D eigenvalue weighted by molar-refractivity contribution is -0.127. The van der Waals surface area contributed by atoms with E-state index in [-0.39, 0.29) is 5.91 Å². The van der Waals surface area contributed by atoms with Gasteiger partial charge in [0.25, 0.3) is 0 Å². The molecular weight excluding hydrogens is 202 g/mol. The molecule has 0 heterocycles. The summed E-state index contributed by atoms with van der Waals surface area (Å²) in [6.45, 7) is 6.18. The molecule has 0 aliphatic carbocycles. The molecule has 0 aliphatic rings. The van der Waals surface area contributed by atoms with Gasteiger partial charge in [-0.2, -0.15) is 0 Å². The van der Waals surface area contributed by atoms with Gasteiger partial charge >= 0.3 is 0 Å². The van der Waals surface area contributed by atoms with Gasteiger partial charge in [-0.15, -0.1) is 0 Å². The van der Waals surface area contributed by atoms with Crippen LogP contribution in [-0.4, -0.2) is 50.6 Å². The van der Waals surface area contributed by atoms with Gasteiger partial charge in [0.2, 0.25) is 5.91 Å². The second-order valence-electron chi connectivity index (χ2n) is 4.31. The van der Waals surface area contributed by atoms with Crippen LogP contribution in [0, 0.1) is 0 Å².